The highest BCUT2D eigenvalue weighted by Crippen LogP contribution is 2.52. The SMILES string of the molecule is COCC1C(Oc2cc(OC)ncc2F)CC(c2cc3c(C(C)O)nc4c(F)c(-c5cccc(Cl)c5Cl)c(CCC#N)cc4c3n2C2C3CNC2C3)N1C(=O)C1CC1. The first-order chi connectivity index (χ1) is 28.0. The summed E-state index contributed by atoms with van der Waals surface area (Å²) in [5.74, 6) is -1.14. The molecule has 10 rings (SSSR count). The van der Waals surface area contributed by atoms with Gasteiger partial charge in [-0.1, -0.05) is 35.3 Å². The molecule has 5 aliphatic rings. The van der Waals surface area contributed by atoms with E-state index >= 15 is 8.78 Å². The van der Waals surface area contributed by atoms with E-state index in [0.717, 1.165) is 37.7 Å². The number of fused-ring (bicyclic) bond motifs is 4. The molecule has 58 heavy (non-hydrogen) atoms. The zero-order valence-corrected chi connectivity index (χ0v) is 33.7. The number of nitrogens with zero attached hydrogens (tertiary/aromatic N) is 5. The molecule has 0 radical (unpaired) electrons. The monoisotopic (exact) mass is 830 g/mol. The summed E-state index contributed by atoms with van der Waals surface area (Å²) in [6, 6.07) is 11.4. The molecule has 2 saturated carbocycles. The second-order valence-corrected chi connectivity index (χ2v) is 16.6. The lowest BCUT2D eigenvalue weighted by atomic mass is 9.79. The van der Waals surface area contributed by atoms with Crippen LogP contribution >= 0.6 is 23.2 Å². The van der Waals surface area contributed by atoms with E-state index in [-0.39, 0.29) is 94.1 Å². The minimum absolute atomic E-state index is 0.0379. The molecule has 7 unspecified atom stereocenters. The van der Waals surface area contributed by atoms with Gasteiger partial charge in [-0.15, -0.1) is 0 Å². The van der Waals surface area contributed by atoms with Gasteiger partial charge in [0.25, 0.3) is 0 Å². The molecule has 5 aromatic rings. The Bertz CT molecular complexity index is 2490. The third-order valence-electron chi connectivity index (χ3n) is 12.4. The van der Waals surface area contributed by atoms with Crippen LogP contribution in [0.3, 0.4) is 0 Å². The molecule has 0 spiro atoms. The molecule has 2 aromatic carbocycles. The van der Waals surface area contributed by atoms with Crippen molar-refractivity contribution in [1.82, 2.24) is 24.8 Å². The number of aliphatic hydroxyl groups excluding tert-OH is 1. The van der Waals surface area contributed by atoms with Crippen LogP contribution < -0.4 is 14.8 Å². The molecule has 3 saturated heterocycles. The Balaban J connectivity index is 1.30. The van der Waals surface area contributed by atoms with Gasteiger partial charge in [0.1, 0.15) is 11.6 Å². The number of amides is 1. The van der Waals surface area contributed by atoms with Crippen molar-refractivity contribution in [2.24, 2.45) is 11.8 Å². The Morgan fingerprint density at radius 3 is 2.64 bits per heavy atom. The fourth-order valence-electron chi connectivity index (χ4n) is 9.56. The van der Waals surface area contributed by atoms with Crippen molar-refractivity contribution >= 4 is 50.9 Å². The van der Waals surface area contributed by atoms with Crippen LogP contribution in [0.4, 0.5) is 8.78 Å². The standard InChI is InChI=1S/C43H42Cl2F2N6O5/c1-20(54)39-26-14-30(31-15-34(58-33-16-35(57-3)50-18-28(33)46)32(19-56-2)52(31)43(55)21-9-10-21)53(41-23-13-29(41)49-17-23)42(26)25-12-22(6-5-11-48)36(38(47)40(25)51-39)24-7-4-8-27(44)37(24)45/h4,7-8,12,14,16,18,20-21,23,29,31-32,34,41,49,54H,5-6,9-10,13,15,17,19H2,1-3H3. The first-order valence-electron chi connectivity index (χ1n) is 19.6. The summed E-state index contributed by atoms with van der Waals surface area (Å²) in [5, 5.41) is 26.3. The van der Waals surface area contributed by atoms with Crippen molar-refractivity contribution in [2.45, 2.75) is 81.8 Å². The molecule has 2 aliphatic carbocycles. The molecule has 2 bridgehead atoms. The smallest absolute Gasteiger partial charge is 0.226 e. The van der Waals surface area contributed by atoms with Crippen LogP contribution in [0.2, 0.25) is 10.0 Å². The summed E-state index contributed by atoms with van der Waals surface area (Å²) in [7, 11) is 3.00. The maximum absolute atomic E-state index is 17.5. The van der Waals surface area contributed by atoms with Crippen molar-refractivity contribution in [1.29, 1.82) is 5.26 Å². The minimum atomic E-state index is -1.10. The molecule has 1 amide bonds. The van der Waals surface area contributed by atoms with Gasteiger partial charge in [-0.3, -0.25) is 4.79 Å². The van der Waals surface area contributed by atoms with E-state index in [1.54, 1.807) is 32.2 Å². The fraction of sp³-hybridized carbons (Fsp3) is 0.442. The lowest BCUT2D eigenvalue weighted by molar-refractivity contribution is -0.137. The van der Waals surface area contributed by atoms with Gasteiger partial charge >= 0.3 is 0 Å². The molecule has 7 atom stereocenters. The number of ether oxygens (including phenoxy) is 3. The maximum atomic E-state index is 17.5. The van der Waals surface area contributed by atoms with Gasteiger partial charge in [-0.05, 0) is 62.3 Å². The lowest BCUT2D eigenvalue weighted by Gasteiger charge is -2.40. The zero-order valence-electron chi connectivity index (χ0n) is 32.1. The van der Waals surface area contributed by atoms with Crippen molar-refractivity contribution in [3.8, 4) is 28.8 Å². The number of carbonyl (C=O) groups excluding carboxylic acids is 1. The molecular weight excluding hydrogens is 789 g/mol. The topological polar surface area (TPSA) is 135 Å². The first-order valence-corrected chi connectivity index (χ1v) is 20.4. The van der Waals surface area contributed by atoms with E-state index in [2.05, 4.69) is 20.9 Å². The van der Waals surface area contributed by atoms with Gasteiger partial charge in [-0.25, -0.2) is 18.7 Å². The lowest BCUT2D eigenvalue weighted by Crippen LogP contribution is -2.46. The quantitative estimate of drug-likeness (QED) is 0.128. The third kappa shape index (κ3) is 6.36. The Labute approximate surface area is 343 Å². The predicted octanol–water partition coefficient (Wildman–Crippen LogP) is 8.03. The summed E-state index contributed by atoms with van der Waals surface area (Å²) in [6.45, 7) is 2.52. The normalized spacial score (nSPS) is 24.3. The van der Waals surface area contributed by atoms with Gasteiger partial charge in [0.2, 0.25) is 11.8 Å². The number of aromatic nitrogens is 3. The van der Waals surface area contributed by atoms with E-state index in [4.69, 9.17) is 42.4 Å². The summed E-state index contributed by atoms with van der Waals surface area (Å²) in [6.07, 6.45) is 2.35. The second kappa shape index (κ2) is 15.2. The molecule has 6 heterocycles. The van der Waals surface area contributed by atoms with E-state index in [0.29, 0.717) is 27.4 Å². The maximum Gasteiger partial charge on any atom is 0.226 e. The third-order valence-corrected chi connectivity index (χ3v) is 13.2. The van der Waals surface area contributed by atoms with Gasteiger partial charge in [-0.2, -0.15) is 5.26 Å². The van der Waals surface area contributed by atoms with E-state index in [1.807, 2.05) is 17.0 Å². The zero-order chi connectivity index (χ0) is 40.6. The largest absolute Gasteiger partial charge is 0.485 e. The van der Waals surface area contributed by atoms with E-state index < -0.39 is 35.9 Å². The van der Waals surface area contributed by atoms with Crippen molar-refractivity contribution in [3.63, 3.8) is 0 Å². The number of hydrogen-bond donors (Lipinski definition) is 2. The average Bonchev–Trinajstić information content (AvgIpc) is 3.46. The highest BCUT2D eigenvalue weighted by Gasteiger charge is 2.53. The average molecular weight is 832 g/mol. The highest BCUT2D eigenvalue weighted by atomic mass is 35.5. The summed E-state index contributed by atoms with van der Waals surface area (Å²) in [5.41, 5.74) is 2.90. The highest BCUT2D eigenvalue weighted by molar-refractivity contribution is 6.43. The number of nitrogens with one attached hydrogen (secondary N) is 1. The number of pyridine rings is 2. The van der Waals surface area contributed by atoms with Crippen molar-refractivity contribution in [3.05, 3.63) is 81.2 Å². The number of nitriles is 1. The second-order valence-electron chi connectivity index (χ2n) is 15.9. The van der Waals surface area contributed by atoms with Crippen molar-refractivity contribution < 1.29 is 32.9 Å². The van der Waals surface area contributed by atoms with Crippen LogP contribution in [-0.2, 0) is 16.0 Å². The molecule has 2 N–H and O–H groups in total. The summed E-state index contributed by atoms with van der Waals surface area (Å²) < 4.78 is 52.5. The number of aliphatic hydroxyl groups is 1. The minimum Gasteiger partial charge on any atom is -0.485 e. The number of likely N-dealkylation sites (tertiary alicyclic amines) is 1. The Kier molecular flexibility index (Phi) is 10.2. The van der Waals surface area contributed by atoms with E-state index in [1.165, 1.54) is 13.2 Å². The van der Waals surface area contributed by atoms with Crippen LogP contribution in [-0.4, -0.2) is 76.0 Å². The summed E-state index contributed by atoms with van der Waals surface area (Å²) in [4.78, 5) is 25.2. The van der Waals surface area contributed by atoms with Gasteiger partial charge in [0, 0.05) is 72.1 Å². The number of carbonyl (C=O) groups is 1. The Morgan fingerprint density at radius 2 is 1.97 bits per heavy atom. The number of aryl methyl sites for hydroxylation is 1. The number of rotatable bonds is 12. The van der Waals surface area contributed by atoms with Crippen LogP contribution in [0.15, 0.2) is 42.6 Å². The van der Waals surface area contributed by atoms with Crippen LogP contribution in [0.25, 0.3) is 32.9 Å². The molecule has 302 valence electrons. The Hall–Kier alpha value is -4.58. The van der Waals surface area contributed by atoms with Crippen LogP contribution in [0.5, 0.6) is 11.6 Å². The number of hydrogen-bond acceptors (Lipinski definition) is 9. The molecule has 15 heteroatoms. The molecule has 11 nitrogen and oxygen atoms in total. The van der Waals surface area contributed by atoms with Gasteiger partial charge in [0.05, 0.1) is 71.5 Å². The van der Waals surface area contributed by atoms with E-state index in [9.17, 15) is 15.2 Å². The number of benzene rings is 2. The number of halogens is 4. The van der Waals surface area contributed by atoms with Crippen LogP contribution in [0.1, 0.15) is 74.2 Å². The molecular formula is C43H42Cl2F2N6O5. The summed E-state index contributed by atoms with van der Waals surface area (Å²) >= 11 is 13.2. The number of methoxy groups -OCH3 is 2. The molecule has 3 aromatic heterocycles. The first kappa shape index (κ1) is 38.9. The van der Waals surface area contributed by atoms with Crippen LogP contribution in [0, 0.1) is 34.8 Å². The van der Waals surface area contributed by atoms with Crippen molar-refractivity contribution in [2.75, 3.05) is 27.4 Å². The molecule has 5 fully saturated rings. The Morgan fingerprint density at radius 1 is 1.16 bits per heavy atom. The molecule has 3 aliphatic heterocycles. The van der Waals surface area contributed by atoms with Gasteiger partial charge < -0.3 is 34.1 Å². The fourth-order valence-corrected chi connectivity index (χ4v) is 9.96. The van der Waals surface area contributed by atoms with Gasteiger partial charge in [0.15, 0.2) is 17.4 Å². The predicted molar refractivity (Wildman–Crippen MR) is 214 cm³/mol.